The zero-order chi connectivity index (χ0) is 8.81. The van der Waals surface area contributed by atoms with Crippen LogP contribution in [0.2, 0.25) is 0 Å². The van der Waals surface area contributed by atoms with Gasteiger partial charge in [0, 0.05) is 14.1 Å². The lowest BCUT2D eigenvalue weighted by molar-refractivity contribution is 0.360. The Morgan fingerprint density at radius 3 is 2.42 bits per heavy atom. The van der Waals surface area contributed by atoms with E-state index in [9.17, 15) is 0 Å². The molecule has 0 saturated heterocycles. The Morgan fingerprint density at radius 2 is 1.83 bits per heavy atom. The lowest BCUT2D eigenvalue weighted by atomic mass is 9.87. The molecule has 1 aliphatic rings. The summed E-state index contributed by atoms with van der Waals surface area (Å²) in [5.41, 5.74) is 0. The molecule has 0 aromatic heterocycles. The molecule has 1 fully saturated rings. The molecule has 0 radical (unpaired) electrons. The van der Waals surface area contributed by atoms with Gasteiger partial charge in [0.25, 0.3) is 0 Å². The molecule has 1 saturated carbocycles. The molecule has 0 aromatic carbocycles. The van der Waals surface area contributed by atoms with Crippen molar-refractivity contribution in [1.82, 2.24) is 4.90 Å². The van der Waals surface area contributed by atoms with Crippen LogP contribution in [0.3, 0.4) is 0 Å². The van der Waals surface area contributed by atoms with Crippen molar-refractivity contribution in [3.8, 4) is 0 Å². The first-order valence-corrected chi connectivity index (χ1v) is 5.12. The summed E-state index contributed by atoms with van der Waals surface area (Å²) in [6.07, 6.45) is 13.1. The number of allylic oxidation sites excluding steroid dienone is 1. The Balaban J connectivity index is 2.12. The first kappa shape index (κ1) is 9.63. The third-order valence-electron chi connectivity index (χ3n) is 2.60. The number of rotatable bonds is 3. The van der Waals surface area contributed by atoms with Crippen LogP contribution in [0.1, 0.15) is 38.5 Å². The second-order valence-electron chi connectivity index (χ2n) is 4.09. The van der Waals surface area contributed by atoms with Gasteiger partial charge in [-0.15, -0.1) is 0 Å². The van der Waals surface area contributed by atoms with Crippen molar-refractivity contribution in [2.75, 3.05) is 14.1 Å². The third-order valence-corrected chi connectivity index (χ3v) is 2.60. The van der Waals surface area contributed by atoms with Gasteiger partial charge >= 0.3 is 0 Å². The van der Waals surface area contributed by atoms with Gasteiger partial charge in [-0.3, -0.25) is 0 Å². The summed E-state index contributed by atoms with van der Waals surface area (Å²) in [6.45, 7) is 0. The molecule has 0 heterocycles. The van der Waals surface area contributed by atoms with Crippen molar-refractivity contribution < 1.29 is 0 Å². The van der Waals surface area contributed by atoms with Crippen molar-refractivity contribution in [1.29, 1.82) is 0 Å². The van der Waals surface area contributed by atoms with Crippen molar-refractivity contribution in [2.45, 2.75) is 38.5 Å². The van der Waals surface area contributed by atoms with E-state index in [1.165, 1.54) is 38.5 Å². The molecule has 1 heteroatoms. The fourth-order valence-electron chi connectivity index (χ4n) is 1.89. The molecular formula is C11H21N. The van der Waals surface area contributed by atoms with E-state index in [0.29, 0.717) is 0 Å². The molecule has 0 amide bonds. The lowest BCUT2D eigenvalue weighted by Gasteiger charge is -2.19. The SMILES string of the molecule is CN(C)/C=C\CC1CCCCC1. The van der Waals surface area contributed by atoms with Gasteiger partial charge < -0.3 is 4.90 Å². The molecule has 0 aliphatic heterocycles. The standard InChI is InChI=1S/C11H21N/c1-12(2)10-6-9-11-7-4-3-5-8-11/h6,10-11H,3-5,7-9H2,1-2H3/b10-6-. The Labute approximate surface area is 76.5 Å². The van der Waals surface area contributed by atoms with Crippen LogP contribution in [0.25, 0.3) is 0 Å². The van der Waals surface area contributed by atoms with E-state index in [4.69, 9.17) is 0 Å². The molecule has 12 heavy (non-hydrogen) atoms. The fraction of sp³-hybridized carbons (Fsp3) is 0.818. The maximum absolute atomic E-state index is 2.32. The number of hydrogen-bond acceptors (Lipinski definition) is 1. The highest BCUT2D eigenvalue weighted by molar-refractivity contribution is 4.83. The lowest BCUT2D eigenvalue weighted by Crippen LogP contribution is -2.06. The van der Waals surface area contributed by atoms with E-state index < -0.39 is 0 Å². The molecule has 0 unspecified atom stereocenters. The molecule has 0 aromatic rings. The molecule has 0 bridgehead atoms. The summed E-state index contributed by atoms with van der Waals surface area (Å²) < 4.78 is 0. The smallest absolute Gasteiger partial charge is 0.00555 e. The predicted molar refractivity (Wildman–Crippen MR) is 54.0 cm³/mol. The van der Waals surface area contributed by atoms with E-state index in [2.05, 4.69) is 31.3 Å². The first-order chi connectivity index (χ1) is 5.79. The molecule has 1 aliphatic carbocycles. The summed E-state index contributed by atoms with van der Waals surface area (Å²) in [6, 6.07) is 0. The summed E-state index contributed by atoms with van der Waals surface area (Å²) in [5.74, 6) is 0.981. The zero-order valence-electron chi connectivity index (χ0n) is 8.42. The second kappa shape index (κ2) is 5.23. The molecule has 70 valence electrons. The van der Waals surface area contributed by atoms with Crippen LogP contribution in [0.4, 0.5) is 0 Å². The van der Waals surface area contributed by atoms with Gasteiger partial charge in [-0.05, 0) is 18.5 Å². The second-order valence-corrected chi connectivity index (χ2v) is 4.09. The fourth-order valence-corrected chi connectivity index (χ4v) is 1.89. The number of hydrogen-bond donors (Lipinski definition) is 0. The van der Waals surface area contributed by atoms with E-state index in [1.54, 1.807) is 0 Å². The minimum atomic E-state index is 0.981. The average molecular weight is 167 g/mol. The molecule has 0 N–H and O–H groups in total. The monoisotopic (exact) mass is 167 g/mol. The van der Waals surface area contributed by atoms with Crippen molar-refractivity contribution >= 4 is 0 Å². The minimum Gasteiger partial charge on any atom is -0.384 e. The van der Waals surface area contributed by atoms with Gasteiger partial charge in [-0.1, -0.05) is 38.2 Å². The highest BCUT2D eigenvalue weighted by atomic mass is 15.0. The molecule has 0 atom stereocenters. The van der Waals surface area contributed by atoms with E-state index in [-0.39, 0.29) is 0 Å². The van der Waals surface area contributed by atoms with Crippen LogP contribution in [0.5, 0.6) is 0 Å². The Hall–Kier alpha value is -0.460. The minimum absolute atomic E-state index is 0.981. The van der Waals surface area contributed by atoms with Crippen LogP contribution in [0, 0.1) is 5.92 Å². The van der Waals surface area contributed by atoms with Gasteiger partial charge in [0.15, 0.2) is 0 Å². The molecular weight excluding hydrogens is 146 g/mol. The van der Waals surface area contributed by atoms with Gasteiger partial charge in [-0.25, -0.2) is 0 Å². The number of nitrogens with zero attached hydrogens (tertiary/aromatic N) is 1. The van der Waals surface area contributed by atoms with Crippen molar-refractivity contribution in [3.63, 3.8) is 0 Å². The third kappa shape index (κ3) is 3.80. The normalized spacial score (nSPS) is 20.2. The van der Waals surface area contributed by atoms with Crippen LogP contribution in [-0.4, -0.2) is 19.0 Å². The highest BCUT2D eigenvalue weighted by Crippen LogP contribution is 2.26. The molecule has 1 rings (SSSR count). The van der Waals surface area contributed by atoms with E-state index in [0.717, 1.165) is 5.92 Å². The Kier molecular flexibility index (Phi) is 4.20. The summed E-state index contributed by atoms with van der Waals surface area (Å²) >= 11 is 0. The van der Waals surface area contributed by atoms with Gasteiger partial charge in [-0.2, -0.15) is 0 Å². The maximum atomic E-state index is 2.32. The summed E-state index contributed by atoms with van der Waals surface area (Å²) in [5, 5.41) is 0. The Bertz CT molecular complexity index is 132. The highest BCUT2D eigenvalue weighted by Gasteiger charge is 2.10. The zero-order valence-corrected chi connectivity index (χ0v) is 8.42. The maximum Gasteiger partial charge on any atom is 0.00555 e. The van der Waals surface area contributed by atoms with Crippen molar-refractivity contribution in [2.24, 2.45) is 5.92 Å². The van der Waals surface area contributed by atoms with E-state index in [1.807, 2.05) is 0 Å². The predicted octanol–water partition coefficient (Wildman–Crippen LogP) is 3.03. The van der Waals surface area contributed by atoms with Gasteiger partial charge in [0.2, 0.25) is 0 Å². The van der Waals surface area contributed by atoms with Crippen LogP contribution in [-0.2, 0) is 0 Å². The molecule has 0 spiro atoms. The van der Waals surface area contributed by atoms with Crippen molar-refractivity contribution in [3.05, 3.63) is 12.3 Å². The van der Waals surface area contributed by atoms with Gasteiger partial charge in [0.1, 0.15) is 0 Å². The van der Waals surface area contributed by atoms with Crippen LogP contribution in [0.15, 0.2) is 12.3 Å². The van der Waals surface area contributed by atoms with Gasteiger partial charge in [0.05, 0.1) is 0 Å². The summed E-state index contributed by atoms with van der Waals surface area (Å²) in [7, 11) is 4.16. The average Bonchev–Trinajstić information content (AvgIpc) is 2.05. The van der Waals surface area contributed by atoms with Crippen LogP contribution < -0.4 is 0 Å². The topological polar surface area (TPSA) is 3.24 Å². The largest absolute Gasteiger partial charge is 0.384 e. The molecule has 1 nitrogen and oxygen atoms in total. The Morgan fingerprint density at radius 1 is 1.17 bits per heavy atom. The van der Waals surface area contributed by atoms with E-state index >= 15 is 0 Å². The quantitative estimate of drug-likeness (QED) is 0.624. The first-order valence-electron chi connectivity index (χ1n) is 5.12. The summed E-state index contributed by atoms with van der Waals surface area (Å²) in [4.78, 5) is 2.11. The van der Waals surface area contributed by atoms with Crippen LogP contribution >= 0.6 is 0 Å².